The van der Waals surface area contributed by atoms with Crippen LogP contribution in [0, 0.1) is 13.8 Å². The first-order chi connectivity index (χ1) is 6.77. The van der Waals surface area contributed by atoms with Crippen LogP contribution in [0.4, 0.5) is 5.69 Å². The Bertz CT molecular complexity index is 518. The third-order valence-corrected chi connectivity index (χ3v) is 2.93. The van der Waals surface area contributed by atoms with Crippen LogP contribution in [0.2, 0.25) is 0 Å². The Hall–Kier alpha value is -1.63. The summed E-state index contributed by atoms with van der Waals surface area (Å²) in [6.07, 6.45) is 1.95. The molecule has 1 nitrogen and oxygen atoms in total. The van der Waals surface area contributed by atoms with Crippen LogP contribution in [0.25, 0.3) is 10.8 Å². The van der Waals surface area contributed by atoms with Crippen LogP contribution in [0.15, 0.2) is 29.3 Å². The summed E-state index contributed by atoms with van der Waals surface area (Å²) in [6.45, 7) is 4.32. The van der Waals surface area contributed by atoms with Crippen LogP contribution < -0.4 is 0 Å². The number of aliphatic imine (C=N–C) groups is 1. The average molecular weight is 181 g/mol. The summed E-state index contributed by atoms with van der Waals surface area (Å²) in [5, 5.41) is 2.70. The fourth-order valence-electron chi connectivity index (χ4n) is 2.23. The average Bonchev–Trinajstić information content (AvgIpc) is 2.58. The van der Waals surface area contributed by atoms with Gasteiger partial charge in [0.05, 0.1) is 5.69 Å². The fraction of sp³-hybridized carbons (Fsp3) is 0.154. The Morgan fingerprint density at radius 3 is 2.36 bits per heavy atom. The van der Waals surface area contributed by atoms with Gasteiger partial charge < -0.3 is 0 Å². The van der Waals surface area contributed by atoms with Crippen molar-refractivity contribution in [2.24, 2.45) is 4.99 Å². The van der Waals surface area contributed by atoms with Crippen LogP contribution in [0.5, 0.6) is 0 Å². The molecule has 0 aromatic heterocycles. The molecule has 0 amide bonds. The molecule has 2 aromatic carbocycles. The van der Waals surface area contributed by atoms with Crippen molar-refractivity contribution in [2.45, 2.75) is 13.8 Å². The molecule has 0 radical (unpaired) electrons. The second kappa shape index (κ2) is 2.44. The molecule has 0 N–H and O–H groups in total. The number of rotatable bonds is 0. The zero-order valence-corrected chi connectivity index (χ0v) is 8.33. The van der Waals surface area contributed by atoms with E-state index in [2.05, 4.69) is 43.1 Å². The van der Waals surface area contributed by atoms with Gasteiger partial charge in [0.2, 0.25) is 0 Å². The van der Waals surface area contributed by atoms with Gasteiger partial charge in [0.1, 0.15) is 0 Å². The maximum atomic E-state index is 4.40. The molecular weight excluding hydrogens is 170 g/mol. The topological polar surface area (TPSA) is 12.4 Å². The molecule has 0 unspecified atom stereocenters. The van der Waals surface area contributed by atoms with Crippen molar-refractivity contribution < 1.29 is 0 Å². The molecule has 0 atom stereocenters. The van der Waals surface area contributed by atoms with E-state index in [1.165, 1.54) is 27.5 Å². The lowest BCUT2D eigenvalue weighted by atomic mass is 9.97. The minimum absolute atomic E-state index is 1.12. The third-order valence-electron chi connectivity index (χ3n) is 2.93. The Morgan fingerprint density at radius 2 is 1.57 bits per heavy atom. The maximum Gasteiger partial charge on any atom is 0.0715 e. The van der Waals surface area contributed by atoms with Gasteiger partial charge in [-0.05, 0) is 36.4 Å². The summed E-state index contributed by atoms with van der Waals surface area (Å²) in [5.74, 6) is 0. The highest BCUT2D eigenvalue weighted by Gasteiger charge is 2.12. The van der Waals surface area contributed by atoms with Gasteiger partial charge in [-0.2, -0.15) is 0 Å². The van der Waals surface area contributed by atoms with Gasteiger partial charge in [-0.3, -0.25) is 4.99 Å². The van der Waals surface area contributed by atoms with Crippen LogP contribution in [0.1, 0.15) is 16.7 Å². The Morgan fingerprint density at radius 1 is 0.857 bits per heavy atom. The number of hydrogen-bond donors (Lipinski definition) is 0. The van der Waals surface area contributed by atoms with E-state index in [9.17, 15) is 0 Å². The van der Waals surface area contributed by atoms with Crippen molar-refractivity contribution >= 4 is 22.7 Å². The Labute approximate surface area is 83.1 Å². The van der Waals surface area contributed by atoms with Crippen molar-refractivity contribution in [3.8, 4) is 0 Å². The van der Waals surface area contributed by atoms with Gasteiger partial charge in [0, 0.05) is 17.2 Å². The summed E-state index contributed by atoms with van der Waals surface area (Å²) < 4.78 is 0. The highest BCUT2D eigenvalue weighted by molar-refractivity contribution is 6.12. The first-order valence-electron chi connectivity index (χ1n) is 4.84. The van der Waals surface area contributed by atoms with E-state index in [1.54, 1.807) is 0 Å². The highest BCUT2D eigenvalue weighted by atomic mass is 14.7. The van der Waals surface area contributed by atoms with Gasteiger partial charge in [0.15, 0.2) is 0 Å². The second-order valence-electron chi connectivity index (χ2n) is 3.88. The van der Waals surface area contributed by atoms with E-state index in [-0.39, 0.29) is 0 Å². The number of aryl methyl sites for hydroxylation is 2. The van der Waals surface area contributed by atoms with Crippen LogP contribution >= 0.6 is 0 Å². The van der Waals surface area contributed by atoms with E-state index in [0.717, 1.165) is 5.69 Å². The molecule has 0 spiro atoms. The van der Waals surface area contributed by atoms with Crippen LogP contribution in [0.3, 0.4) is 0 Å². The van der Waals surface area contributed by atoms with Gasteiger partial charge in [-0.25, -0.2) is 0 Å². The maximum absolute atomic E-state index is 4.40. The molecule has 0 bridgehead atoms. The molecule has 2 aromatic rings. The predicted molar refractivity (Wildman–Crippen MR) is 60.7 cm³/mol. The Balaban J connectivity index is 2.64. The molecule has 1 aliphatic heterocycles. The first-order valence-corrected chi connectivity index (χ1v) is 4.84. The van der Waals surface area contributed by atoms with Crippen molar-refractivity contribution in [1.29, 1.82) is 0 Å². The molecule has 68 valence electrons. The van der Waals surface area contributed by atoms with Gasteiger partial charge in [-0.15, -0.1) is 0 Å². The zero-order valence-electron chi connectivity index (χ0n) is 8.33. The number of nitrogens with zero attached hydrogens (tertiary/aromatic N) is 1. The summed E-state index contributed by atoms with van der Waals surface area (Å²) in [4.78, 5) is 4.40. The van der Waals surface area contributed by atoms with Gasteiger partial charge >= 0.3 is 0 Å². The van der Waals surface area contributed by atoms with Crippen molar-refractivity contribution in [2.75, 3.05) is 0 Å². The molecule has 1 heterocycles. The summed E-state index contributed by atoms with van der Waals surface area (Å²) >= 11 is 0. The molecular formula is C13H11N. The predicted octanol–water partition coefficient (Wildman–Crippen LogP) is 3.52. The fourth-order valence-corrected chi connectivity index (χ4v) is 2.23. The van der Waals surface area contributed by atoms with Crippen LogP contribution in [-0.2, 0) is 0 Å². The molecule has 14 heavy (non-hydrogen) atoms. The van der Waals surface area contributed by atoms with Crippen LogP contribution in [-0.4, -0.2) is 6.21 Å². The number of hydrogen-bond acceptors (Lipinski definition) is 1. The minimum atomic E-state index is 1.12. The summed E-state index contributed by atoms with van der Waals surface area (Å²) in [7, 11) is 0. The number of benzene rings is 2. The summed E-state index contributed by atoms with van der Waals surface area (Å²) in [6, 6.07) is 8.57. The first kappa shape index (κ1) is 7.74. The van der Waals surface area contributed by atoms with E-state index < -0.39 is 0 Å². The molecule has 0 saturated heterocycles. The lowest BCUT2D eigenvalue weighted by Gasteiger charge is -2.07. The van der Waals surface area contributed by atoms with Crippen molar-refractivity contribution in [3.05, 3.63) is 41.0 Å². The molecule has 0 saturated carbocycles. The smallest absolute Gasteiger partial charge is 0.0715 e. The van der Waals surface area contributed by atoms with Gasteiger partial charge in [-0.1, -0.05) is 18.2 Å². The molecule has 0 aliphatic carbocycles. The highest BCUT2D eigenvalue weighted by Crippen LogP contribution is 2.36. The molecule has 1 aliphatic rings. The standard InChI is InChI=1S/C13H11N/c1-8-3-5-10-7-14-11-6-4-9(2)12(8)13(10)11/h3-7H,1-2H3. The van der Waals surface area contributed by atoms with Crippen molar-refractivity contribution in [3.63, 3.8) is 0 Å². The third kappa shape index (κ3) is 0.818. The summed E-state index contributed by atoms with van der Waals surface area (Å²) in [5.41, 5.74) is 5.05. The molecule has 3 rings (SSSR count). The van der Waals surface area contributed by atoms with Crippen molar-refractivity contribution in [1.82, 2.24) is 0 Å². The Kier molecular flexibility index (Phi) is 1.35. The monoisotopic (exact) mass is 181 g/mol. The lowest BCUT2D eigenvalue weighted by Crippen LogP contribution is -1.85. The largest absolute Gasteiger partial charge is 0.256 e. The van der Waals surface area contributed by atoms with E-state index >= 15 is 0 Å². The second-order valence-corrected chi connectivity index (χ2v) is 3.88. The van der Waals surface area contributed by atoms with Gasteiger partial charge in [0.25, 0.3) is 0 Å². The molecule has 1 heteroatoms. The van der Waals surface area contributed by atoms with E-state index in [0.29, 0.717) is 0 Å². The quantitative estimate of drug-likeness (QED) is 0.503. The lowest BCUT2D eigenvalue weighted by molar-refractivity contribution is 1.46. The van der Waals surface area contributed by atoms with E-state index in [4.69, 9.17) is 0 Å². The van der Waals surface area contributed by atoms with E-state index in [1.807, 2.05) is 6.21 Å². The zero-order chi connectivity index (χ0) is 9.71. The SMILES string of the molecule is Cc1ccc2c3c(ccc(C)c13)N=C2. The normalized spacial score (nSPS) is 12.7. The molecule has 0 fully saturated rings. The minimum Gasteiger partial charge on any atom is -0.256 e.